The molecule has 0 aliphatic rings. The van der Waals surface area contributed by atoms with E-state index in [2.05, 4.69) is 15.3 Å². The van der Waals surface area contributed by atoms with Gasteiger partial charge in [-0.05, 0) is 23.7 Å². The zero-order valence-corrected chi connectivity index (χ0v) is 12.8. The molecule has 2 rings (SSSR count). The van der Waals surface area contributed by atoms with E-state index in [1.165, 1.54) is 18.0 Å². The minimum Gasteiger partial charge on any atom is -0.338 e. The first-order chi connectivity index (χ1) is 9.35. The molecule has 6 heteroatoms. The molecule has 1 aromatic carbocycles. The van der Waals surface area contributed by atoms with E-state index in [9.17, 15) is 0 Å². The molecule has 0 atom stereocenters. The summed E-state index contributed by atoms with van der Waals surface area (Å²) in [6.07, 6.45) is 1.45. The van der Waals surface area contributed by atoms with Gasteiger partial charge < -0.3 is 5.32 Å². The van der Waals surface area contributed by atoms with Gasteiger partial charge in [0.1, 0.15) is 5.02 Å². The monoisotopic (exact) mass is 314 g/mol. The van der Waals surface area contributed by atoms with E-state index in [4.69, 9.17) is 24.6 Å². The van der Waals surface area contributed by atoms with Crippen molar-refractivity contribution in [3.8, 4) is 0 Å². The van der Waals surface area contributed by atoms with Crippen LogP contribution in [0.3, 0.4) is 0 Å². The summed E-state index contributed by atoms with van der Waals surface area (Å²) >= 11 is 13.3. The highest BCUT2D eigenvalue weighted by atomic mass is 35.5. The molecule has 100 valence electrons. The molecule has 0 aliphatic carbocycles. The summed E-state index contributed by atoms with van der Waals surface area (Å²) < 4.78 is 7.98. The Labute approximate surface area is 128 Å². The summed E-state index contributed by atoms with van der Waals surface area (Å²) in [5, 5.41) is 3.01. The summed E-state index contributed by atoms with van der Waals surface area (Å²) in [6.45, 7) is 3.67. The Kier molecular flexibility index (Phi) is 4.43. The second-order valence-corrected chi connectivity index (χ2v) is 6.17. The number of nitrogens with one attached hydrogen (secondary N) is 1. The smallest absolute Gasteiger partial charge is 0.224 e. The van der Waals surface area contributed by atoms with E-state index in [0.717, 1.165) is 10.6 Å². The van der Waals surface area contributed by atoms with Crippen molar-refractivity contribution in [3.63, 3.8) is 0 Å². The van der Waals surface area contributed by atoms with Crippen LogP contribution >= 0.6 is 35.0 Å². The first kappa shape index (κ1) is 13.0. The second-order valence-electron chi connectivity index (χ2n) is 3.97. The normalized spacial score (nSPS) is 12.1. The van der Waals surface area contributed by atoms with Crippen molar-refractivity contribution in [1.29, 1.82) is 0 Å². The lowest BCUT2D eigenvalue weighted by molar-refractivity contribution is 1.11. The molecule has 0 unspecified atom stereocenters. The quantitative estimate of drug-likeness (QED) is 0.634. The Morgan fingerprint density at radius 3 is 2.79 bits per heavy atom. The van der Waals surface area contributed by atoms with Crippen molar-refractivity contribution in [2.24, 2.45) is 0 Å². The van der Waals surface area contributed by atoms with Gasteiger partial charge in [0.05, 0.1) is 11.9 Å². The van der Waals surface area contributed by atoms with Gasteiger partial charge >= 0.3 is 0 Å². The number of benzene rings is 1. The fourth-order valence-electron chi connectivity index (χ4n) is 1.44. The van der Waals surface area contributed by atoms with E-state index in [0.29, 0.717) is 10.8 Å². The maximum Gasteiger partial charge on any atom is 0.224 e. The van der Waals surface area contributed by atoms with E-state index in [-0.39, 0.29) is 5.28 Å². The predicted octanol–water partition coefficient (Wildman–Crippen LogP) is 5.03. The number of halogens is 2. The van der Waals surface area contributed by atoms with E-state index in [1.807, 2.05) is 38.1 Å². The zero-order chi connectivity index (χ0) is 14.8. The van der Waals surface area contributed by atoms with Crippen LogP contribution < -0.4 is 5.32 Å². The van der Waals surface area contributed by atoms with E-state index < -0.39 is 5.23 Å². The Hall–Kier alpha value is -0.970. The van der Waals surface area contributed by atoms with Gasteiger partial charge in [0.15, 0.2) is 5.82 Å². The van der Waals surface area contributed by atoms with Crippen molar-refractivity contribution in [1.82, 2.24) is 9.97 Å². The van der Waals surface area contributed by atoms with Crippen LogP contribution in [0.2, 0.25) is 10.3 Å². The van der Waals surface area contributed by atoms with Crippen LogP contribution in [0.15, 0.2) is 35.4 Å². The van der Waals surface area contributed by atoms with Crippen molar-refractivity contribution in [2.45, 2.75) is 24.0 Å². The lowest BCUT2D eigenvalue weighted by atomic mass is 10.3. The average Bonchev–Trinajstić information content (AvgIpc) is 2.34. The lowest BCUT2D eigenvalue weighted by Crippen LogP contribution is -1.98. The lowest BCUT2D eigenvalue weighted by Gasteiger charge is -2.13. The molecule has 0 amide bonds. The summed E-state index contributed by atoms with van der Waals surface area (Å²) in [6, 6.07) is 7.67. The van der Waals surface area contributed by atoms with Gasteiger partial charge in [-0.3, -0.25) is 0 Å². The maximum absolute atomic E-state index is 7.98. The highest BCUT2D eigenvalue weighted by Gasteiger charge is 2.09. The minimum atomic E-state index is -0.634. The van der Waals surface area contributed by atoms with E-state index in [1.54, 1.807) is 0 Å². The molecule has 19 heavy (non-hydrogen) atoms. The molecule has 0 aliphatic heterocycles. The van der Waals surface area contributed by atoms with Crippen molar-refractivity contribution < 1.29 is 1.37 Å². The molecule has 0 spiro atoms. The fourth-order valence-corrected chi connectivity index (χ4v) is 2.53. The Balaban J connectivity index is 2.32. The number of aromatic nitrogens is 2. The number of nitrogens with zero attached hydrogens (tertiary/aromatic N) is 2. The molecule has 2 aromatic rings. The molecule has 0 fully saturated rings. The summed E-state index contributed by atoms with van der Waals surface area (Å²) in [7, 11) is 0. The second kappa shape index (κ2) is 6.46. The minimum absolute atomic E-state index is 0.128. The number of hydrogen-bond acceptors (Lipinski definition) is 4. The summed E-state index contributed by atoms with van der Waals surface area (Å²) in [5.74, 6) is 0.447. The van der Waals surface area contributed by atoms with Gasteiger partial charge in [0, 0.05) is 11.5 Å². The van der Waals surface area contributed by atoms with Crippen LogP contribution in [0.4, 0.5) is 11.5 Å². The fraction of sp³-hybridized carbons (Fsp3) is 0.231. The Bertz CT molecular complexity index is 617. The van der Waals surface area contributed by atoms with Crippen molar-refractivity contribution in [3.05, 3.63) is 40.8 Å². The standard InChI is InChI=1S/C13H13Cl2N3S/c1-8(2)19-11-6-4-3-5-10(11)17-12-9(14)7-16-13(15)18-12/h3-8H,1-2H3,(H,16,17,18)/i8D. The highest BCUT2D eigenvalue weighted by molar-refractivity contribution is 8.00. The summed E-state index contributed by atoms with van der Waals surface area (Å²) in [5.41, 5.74) is 0.828. The number of hydrogen-bond donors (Lipinski definition) is 1. The van der Waals surface area contributed by atoms with Crippen molar-refractivity contribution >= 4 is 46.5 Å². The van der Waals surface area contributed by atoms with Crippen LogP contribution in [-0.4, -0.2) is 15.2 Å². The molecule has 0 saturated heterocycles. The third-order valence-corrected chi connectivity index (χ3v) is 3.61. The van der Waals surface area contributed by atoms with Crippen LogP contribution in [0.5, 0.6) is 0 Å². The zero-order valence-electron chi connectivity index (χ0n) is 11.4. The third kappa shape index (κ3) is 4.00. The molecule has 1 heterocycles. The SMILES string of the molecule is [2H]C(C)(C)Sc1ccccc1Nc1nc(Cl)ncc1Cl. The molecular weight excluding hydrogens is 301 g/mol. The Morgan fingerprint density at radius 1 is 1.32 bits per heavy atom. The topological polar surface area (TPSA) is 37.8 Å². The van der Waals surface area contributed by atoms with Gasteiger partial charge in [-0.1, -0.05) is 37.6 Å². The highest BCUT2D eigenvalue weighted by Crippen LogP contribution is 2.33. The number of thioether (sulfide) groups is 1. The van der Waals surface area contributed by atoms with Crippen LogP contribution in [0.1, 0.15) is 15.2 Å². The Morgan fingerprint density at radius 2 is 2.05 bits per heavy atom. The van der Waals surface area contributed by atoms with Crippen LogP contribution in [-0.2, 0) is 0 Å². The number of para-hydroxylation sites is 1. The number of rotatable bonds is 4. The van der Waals surface area contributed by atoms with Crippen LogP contribution in [0, 0.1) is 0 Å². The van der Waals surface area contributed by atoms with Gasteiger partial charge in [0.2, 0.25) is 5.28 Å². The summed E-state index contributed by atoms with van der Waals surface area (Å²) in [4.78, 5) is 8.81. The van der Waals surface area contributed by atoms with Gasteiger partial charge in [-0.25, -0.2) is 4.98 Å². The first-order valence-electron chi connectivity index (χ1n) is 6.08. The van der Waals surface area contributed by atoms with Crippen molar-refractivity contribution in [2.75, 3.05) is 5.32 Å². The van der Waals surface area contributed by atoms with Gasteiger partial charge in [-0.15, -0.1) is 11.8 Å². The molecule has 1 aromatic heterocycles. The number of anilines is 2. The van der Waals surface area contributed by atoms with Gasteiger partial charge in [-0.2, -0.15) is 4.98 Å². The van der Waals surface area contributed by atoms with Gasteiger partial charge in [0.25, 0.3) is 0 Å². The predicted molar refractivity (Wildman–Crippen MR) is 82.8 cm³/mol. The first-order valence-corrected chi connectivity index (χ1v) is 7.15. The molecular formula is C13H13Cl2N3S. The molecule has 0 radical (unpaired) electrons. The maximum atomic E-state index is 7.98. The van der Waals surface area contributed by atoms with Crippen LogP contribution in [0.25, 0.3) is 0 Å². The molecule has 1 N–H and O–H groups in total. The largest absolute Gasteiger partial charge is 0.338 e. The van der Waals surface area contributed by atoms with E-state index >= 15 is 0 Å². The third-order valence-electron chi connectivity index (χ3n) is 2.17. The molecule has 3 nitrogen and oxygen atoms in total. The molecule has 0 saturated carbocycles. The molecule has 0 bridgehead atoms. The average molecular weight is 315 g/mol.